The van der Waals surface area contributed by atoms with Crippen LogP contribution >= 0.6 is 0 Å². The van der Waals surface area contributed by atoms with Gasteiger partial charge in [0.2, 0.25) is 0 Å². The van der Waals surface area contributed by atoms with Gasteiger partial charge < -0.3 is 19.3 Å². The quantitative estimate of drug-likeness (QED) is 0.307. The molecule has 0 spiro atoms. The van der Waals surface area contributed by atoms with Gasteiger partial charge in [-0.15, -0.1) is 0 Å². The molecule has 4 aromatic rings. The number of nitrogens with one attached hydrogen (secondary N) is 1. The van der Waals surface area contributed by atoms with Crippen LogP contribution in [0.1, 0.15) is 37.7 Å². The van der Waals surface area contributed by atoms with Crippen molar-refractivity contribution in [3.8, 4) is 11.5 Å². The molecule has 7 nitrogen and oxygen atoms in total. The molecule has 4 rings (SSSR count). The third-order valence-electron chi connectivity index (χ3n) is 5.01. The molecule has 0 radical (unpaired) electrons. The van der Waals surface area contributed by atoms with Crippen molar-refractivity contribution in [2.24, 2.45) is 0 Å². The molecule has 0 unspecified atom stereocenters. The number of nitrogens with zero attached hydrogens (tertiary/aromatic N) is 1. The molecule has 0 aliphatic carbocycles. The van der Waals surface area contributed by atoms with E-state index in [-0.39, 0.29) is 5.91 Å². The Balaban J connectivity index is 1.32. The standard InChI is InChI=1S/C26H22N2O5/c1-17-24(18(2)33-28-17)16-31-22-12-8-20(9-13-22)26(30)32-23-14-10-21(11-15-23)27-25(29)19-6-4-3-5-7-19/h3-15H,16H2,1-2H3,(H,27,29). The van der Waals surface area contributed by atoms with Gasteiger partial charge in [0.1, 0.15) is 23.9 Å². The SMILES string of the molecule is Cc1noc(C)c1COc1ccc(C(=O)Oc2ccc(NC(=O)c3ccccc3)cc2)cc1. The molecule has 0 saturated heterocycles. The maximum Gasteiger partial charge on any atom is 0.343 e. The summed E-state index contributed by atoms with van der Waals surface area (Å²) < 4.78 is 16.3. The summed E-state index contributed by atoms with van der Waals surface area (Å²) in [7, 11) is 0. The molecule has 1 amide bonds. The van der Waals surface area contributed by atoms with Crippen LogP contribution in [0.5, 0.6) is 11.5 Å². The van der Waals surface area contributed by atoms with Gasteiger partial charge in [-0.1, -0.05) is 23.4 Å². The van der Waals surface area contributed by atoms with Crippen LogP contribution < -0.4 is 14.8 Å². The second-order valence-corrected chi connectivity index (χ2v) is 7.35. The van der Waals surface area contributed by atoms with E-state index >= 15 is 0 Å². The molecule has 0 aliphatic heterocycles. The molecule has 1 heterocycles. The van der Waals surface area contributed by atoms with Crippen molar-refractivity contribution in [2.75, 3.05) is 5.32 Å². The highest BCUT2D eigenvalue weighted by Crippen LogP contribution is 2.20. The van der Waals surface area contributed by atoms with Crippen molar-refractivity contribution in [1.29, 1.82) is 0 Å². The van der Waals surface area contributed by atoms with Gasteiger partial charge >= 0.3 is 5.97 Å². The van der Waals surface area contributed by atoms with Gasteiger partial charge in [0.15, 0.2) is 0 Å². The first kappa shape index (κ1) is 21.8. The van der Waals surface area contributed by atoms with Crippen molar-refractivity contribution in [3.63, 3.8) is 0 Å². The third kappa shape index (κ3) is 5.46. The average molecular weight is 442 g/mol. The second kappa shape index (κ2) is 9.82. The van der Waals surface area contributed by atoms with Crippen molar-refractivity contribution >= 4 is 17.6 Å². The van der Waals surface area contributed by atoms with Crippen LogP contribution in [0.25, 0.3) is 0 Å². The van der Waals surface area contributed by atoms with Crippen LogP contribution in [0.4, 0.5) is 5.69 Å². The molecular weight excluding hydrogens is 420 g/mol. The van der Waals surface area contributed by atoms with Crippen LogP contribution in [0, 0.1) is 13.8 Å². The highest BCUT2D eigenvalue weighted by Gasteiger charge is 2.12. The molecule has 0 atom stereocenters. The Morgan fingerprint density at radius 2 is 1.52 bits per heavy atom. The van der Waals surface area contributed by atoms with Crippen molar-refractivity contribution in [2.45, 2.75) is 20.5 Å². The highest BCUT2D eigenvalue weighted by atomic mass is 16.5. The van der Waals surface area contributed by atoms with Crippen molar-refractivity contribution < 1.29 is 23.6 Å². The number of benzene rings is 3. The zero-order valence-corrected chi connectivity index (χ0v) is 18.2. The summed E-state index contributed by atoms with van der Waals surface area (Å²) in [6.45, 7) is 4.03. The predicted molar refractivity (Wildman–Crippen MR) is 123 cm³/mol. The lowest BCUT2D eigenvalue weighted by molar-refractivity contribution is 0.0734. The van der Waals surface area contributed by atoms with Gasteiger partial charge in [0, 0.05) is 11.3 Å². The van der Waals surface area contributed by atoms with E-state index in [1.807, 2.05) is 19.9 Å². The van der Waals surface area contributed by atoms with E-state index in [0.29, 0.717) is 34.9 Å². The molecule has 0 fully saturated rings. The fourth-order valence-electron chi connectivity index (χ4n) is 3.12. The molecule has 33 heavy (non-hydrogen) atoms. The summed E-state index contributed by atoms with van der Waals surface area (Å²) in [6.07, 6.45) is 0. The molecule has 166 valence electrons. The number of ether oxygens (including phenoxy) is 2. The molecule has 7 heteroatoms. The highest BCUT2D eigenvalue weighted by molar-refractivity contribution is 6.04. The Morgan fingerprint density at radius 3 is 2.15 bits per heavy atom. The summed E-state index contributed by atoms with van der Waals surface area (Å²) in [4.78, 5) is 24.7. The molecule has 0 bridgehead atoms. The van der Waals surface area contributed by atoms with Crippen LogP contribution in [-0.4, -0.2) is 17.0 Å². The zero-order chi connectivity index (χ0) is 23.2. The van der Waals surface area contributed by atoms with E-state index in [1.165, 1.54) is 0 Å². The van der Waals surface area contributed by atoms with Crippen LogP contribution in [0.3, 0.4) is 0 Å². The lowest BCUT2D eigenvalue weighted by Crippen LogP contribution is -2.12. The maximum absolute atomic E-state index is 12.5. The summed E-state index contributed by atoms with van der Waals surface area (Å²) in [5.74, 6) is 1.00. The summed E-state index contributed by atoms with van der Waals surface area (Å²) in [6, 6.07) is 22.2. The van der Waals surface area contributed by atoms with E-state index < -0.39 is 5.97 Å². The summed E-state index contributed by atoms with van der Waals surface area (Å²) >= 11 is 0. The van der Waals surface area contributed by atoms with E-state index in [1.54, 1.807) is 72.8 Å². The normalized spacial score (nSPS) is 10.5. The molecule has 0 aliphatic rings. The molecule has 3 aromatic carbocycles. The zero-order valence-electron chi connectivity index (χ0n) is 18.2. The Kier molecular flexibility index (Phi) is 6.50. The van der Waals surface area contributed by atoms with Gasteiger partial charge in [0.25, 0.3) is 5.91 Å². The second-order valence-electron chi connectivity index (χ2n) is 7.35. The molecule has 1 N–H and O–H groups in total. The minimum atomic E-state index is -0.492. The topological polar surface area (TPSA) is 90.7 Å². The van der Waals surface area contributed by atoms with Crippen LogP contribution in [0.2, 0.25) is 0 Å². The first-order chi connectivity index (χ1) is 16.0. The van der Waals surface area contributed by atoms with E-state index in [4.69, 9.17) is 14.0 Å². The number of aromatic nitrogens is 1. The monoisotopic (exact) mass is 442 g/mol. The molecule has 0 saturated carbocycles. The van der Waals surface area contributed by atoms with Gasteiger partial charge in [-0.2, -0.15) is 0 Å². The van der Waals surface area contributed by atoms with E-state index in [2.05, 4.69) is 10.5 Å². The Labute approximate surface area is 190 Å². The third-order valence-corrected chi connectivity index (χ3v) is 5.01. The number of amides is 1. The smallest absolute Gasteiger partial charge is 0.343 e. The lowest BCUT2D eigenvalue weighted by Gasteiger charge is -2.09. The van der Waals surface area contributed by atoms with E-state index in [0.717, 1.165) is 17.0 Å². The van der Waals surface area contributed by atoms with Gasteiger partial charge in [-0.25, -0.2) is 4.79 Å². The Morgan fingerprint density at radius 1 is 0.848 bits per heavy atom. The van der Waals surface area contributed by atoms with Crippen molar-refractivity contribution in [3.05, 3.63) is 107 Å². The first-order valence-corrected chi connectivity index (χ1v) is 10.3. The number of hydrogen-bond donors (Lipinski definition) is 1. The van der Waals surface area contributed by atoms with Crippen molar-refractivity contribution in [1.82, 2.24) is 5.16 Å². The minimum absolute atomic E-state index is 0.211. The summed E-state index contributed by atoms with van der Waals surface area (Å²) in [5.41, 5.74) is 3.25. The number of carbonyl (C=O) groups is 2. The molecular formula is C26H22N2O5. The Bertz CT molecular complexity index is 1230. The van der Waals surface area contributed by atoms with Gasteiger partial charge in [-0.05, 0) is 74.5 Å². The number of rotatable bonds is 7. The maximum atomic E-state index is 12.5. The number of anilines is 1. The van der Waals surface area contributed by atoms with Gasteiger partial charge in [0.05, 0.1) is 16.8 Å². The van der Waals surface area contributed by atoms with E-state index in [9.17, 15) is 9.59 Å². The molecule has 1 aromatic heterocycles. The minimum Gasteiger partial charge on any atom is -0.489 e. The average Bonchev–Trinajstić information content (AvgIpc) is 3.16. The largest absolute Gasteiger partial charge is 0.489 e. The number of carbonyl (C=O) groups excluding carboxylic acids is 2. The first-order valence-electron chi connectivity index (χ1n) is 10.3. The number of esters is 1. The number of aryl methyl sites for hydroxylation is 2. The summed E-state index contributed by atoms with van der Waals surface area (Å²) in [5, 5.41) is 6.70. The number of hydrogen-bond acceptors (Lipinski definition) is 6. The predicted octanol–water partition coefficient (Wildman–Crippen LogP) is 5.34. The fourth-order valence-corrected chi connectivity index (χ4v) is 3.12. The van der Waals surface area contributed by atoms with Crippen LogP contribution in [-0.2, 0) is 6.61 Å². The van der Waals surface area contributed by atoms with Gasteiger partial charge in [-0.3, -0.25) is 4.79 Å². The fraction of sp³-hybridized carbons (Fsp3) is 0.115. The van der Waals surface area contributed by atoms with Crippen LogP contribution in [0.15, 0.2) is 83.4 Å². The lowest BCUT2D eigenvalue weighted by atomic mass is 10.2. The Hall–Kier alpha value is -4.39.